The molecule has 0 bridgehead atoms. The molecule has 1 N–H and O–H groups in total. The molecule has 3 heteroatoms. The Hall–Kier alpha value is -0.120. The van der Waals surface area contributed by atoms with Gasteiger partial charge in [-0.2, -0.15) is 0 Å². The fraction of sp³-hybridized carbons (Fsp3) is 1.00. The first-order valence-electron chi connectivity index (χ1n) is 8.15. The highest BCUT2D eigenvalue weighted by Gasteiger charge is 2.33. The minimum atomic E-state index is 0.545. The Morgan fingerprint density at radius 3 is 2.26 bits per heavy atom. The van der Waals surface area contributed by atoms with Crippen molar-refractivity contribution in [2.24, 2.45) is 5.41 Å². The van der Waals surface area contributed by atoms with E-state index in [2.05, 4.69) is 31.0 Å². The molecule has 1 unspecified atom stereocenters. The summed E-state index contributed by atoms with van der Waals surface area (Å²) in [7, 11) is 1.82. The number of ether oxygens (including phenoxy) is 1. The molecular formula is C16H34N2O. The van der Waals surface area contributed by atoms with Crippen LogP contribution in [0.15, 0.2) is 0 Å². The molecule has 0 aliphatic carbocycles. The summed E-state index contributed by atoms with van der Waals surface area (Å²) in [6.45, 7) is 12.4. The number of piperidine rings is 1. The SMILES string of the molecule is CCCNCC(COC)N1CCC(CC)(CC)CC1. The fourth-order valence-corrected chi connectivity index (χ4v) is 3.25. The second-order valence-corrected chi connectivity index (χ2v) is 6.06. The number of hydrogen-bond donors (Lipinski definition) is 1. The molecule has 1 aliphatic rings. The maximum absolute atomic E-state index is 5.41. The molecule has 1 aliphatic heterocycles. The number of likely N-dealkylation sites (tertiary alicyclic amines) is 1. The molecular weight excluding hydrogens is 236 g/mol. The molecule has 114 valence electrons. The first kappa shape index (κ1) is 16.9. The Kier molecular flexibility index (Phi) is 7.96. The van der Waals surface area contributed by atoms with Crippen molar-refractivity contribution < 1.29 is 4.74 Å². The van der Waals surface area contributed by atoms with Crippen molar-refractivity contribution in [3.63, 3.8) is 0 Å². The van der Waals surface area contributed by atoms with E-state index in [-0.39, 0.29) is 0 Å². The van der Waals surface area contributed by atoms with Crippen molar-refractivity contribution in [2.75, 3.05) is 39.9 Å². The highest BCUT2D eigenvalue weighted by atomic mass is 16.5. The van der Waals surface area contributed by atoms with E-state index < -0.39 is 0 Å². The first-order valence-corrected chi connectivity index (χ1v) is 8.15. The van der Waals surface area contributed by atoms with Gasteiger partial charge < -0.3 is 10.1 Å². The van der Waals surface area contributed by atoms with E-state index in [4.69, 9.17) is 4.74 Å². The summed E-state index contributed by atoms with van der Waals surface area (Å²) in [6, 6.07) is 0.545. The van der Waals surface area contributed by atoms with E-state index >= 15 is 0 Å². The van der Waals surface area contributed by atoms with Crippen molar-refractivity contribution >= 4 is 0 Å². The van der Waals surface area contributed by atoms with E-state index in [1.807, 2.05) is 7.11 Å². The molecule has 0 saturated carbocycles. The number of hydrogen-bond acceptors (Lipinski definition) is 3. The molecule has 1 fully saturated rings. The third-order valence-corrected chi connectivity index (χ3v) is 5.04. The largest absolute Gasteiger partial charge is 0.383 e. The van der Waals surface area contributed by atoms with Crippen LogP contribution in [0.2, 0.25) is 0 Å². The van der Waals surface area contributed by atoms with Crippen LogP contribution in [0.1, 0.15) is 52.9 Å². The zero-order valence-electron chi connectivity index (χ0n) is 13.5. The van der Waals surface area contributed by atoms with Crippen molar-refractivity contribution in [3.05, 3.63) is 0 Å². The molecule has 0 spiro atoms. The van der Waals surface area contributed by atoms with E-state index in [1.54, 1.807) is 0 Å². The van der Waals surface area contributed by atoms with E-state index in [0.717, 1.165) is 19.7 Å². The Morgan fingerprint density at radius 2 is 1.79 bits per heavy atom. The van der Waals surface area contributed by atoms with Gasteiger partial charge in [0.25, 0.3) is 0 Å². The Morgan fingerprint density at radius 1 is 1.16 bits per heavy atom. The van der Waals surface area contributed by atoms with Crippen LogP contribution in [-0.4, -0.2) is 50.8 Å². The van der Waals surface area contributed by atoms with Crippen LogP contribution in [0.4, 0.5) is 0 Å². The number of nitrogens with zero attached hydrogens (tertiary/aromatic N) is 1. The van der Waals surface area contributed by atoms with Crippen LogP contribution < -0.4 is 5.32 Å². The summed E-state index contributed by atoms with van der Waals surface area (Å²) in [4.78, 5) is 2.63. The number of rotatable bonds is 9. The molecule has 3 nitrogen and oxygen atoms in total. The molecule has 19 heavy (non-hydrogen) atoms. The zero-order chi connectivity index (χ0) is 14.1. The summed E-state index contributed by atoms with van der Waals surface area (Å²) in [5.74, 6) is 0. The van der Waals surface area contributed by atoms with Gasteiger partial charge in [-0.25, -0.2) is 0 Å². The maximum atomic E-state index is 5.41. The molecule has 0 aromatic rings. The van der Waals surface area contributed by atoms with E-state index in [0.29, 0.717) is 11.5 Å². The van der Waals surface area contributed by atoms with Gasteiger partial charge in [-0.15, -0.1) is 0 Å². The maximum Gasteiger partial charge on any atom is 0.0630 e. The van der Waals surface area contributed by atoms with Crippen LogP contribution in [0.3, 0.4) is 0 Å². The molecule has 1 heterocycles. The van der Waals surface area contributed by atoms with Crippen molar-refractivity contribution in [2.45, 2.75) is 58.9 Å². The highest BCUT2D eigenvalue weighted by molar-refractivity contribution is 4.87. The predicted molar refractivity (Wildman–Crippen MR) is 82.6 cm³/mol. The lowest BCUT2D eigenvalue weighted by atomic mass is 9.74. The zero-order valence-corrected chi connectivity index (χ0v) is 13.5. The van der Waals surface area contributed by atoms with Gasteiger partial charge in [0.15, 0.2) is 0 Å². The molecule has 0 radical (unpaired) electrons. The molecule has 1 atom stereocenters. The third kappa shape index (κ3) is 5.05. The molecule has 1 saturated heterocycles. The quantitative estimate of drug-likeness (QED) is 0.652. The smallest absolute Gasteiger partial charge is 0.0630 e. The van der Waals surface area contributed by atoms with Gasteiger partial charge in [0.2, 0.25) is 0 Å². The van der Waals surface area contributed by atoms with Crippen molar-refractivity contribution in [1.82, 2.24) is 10.2 Å². The minimum Gasteiger partial charge on any atom is -0.383 e. The summed E-state index contributed by atoms with van der Waals surface area (Å²) >= 11 is 0. The van der Waals surface area contributed by atoms with Crippen LogP contribution >= 0.6 is 0 Å². The van der Waals surface area contributed by atoms with Gasteiger partial charge >= 0.3 is 0 Å². The lowest BCUT2D eigenvalue weighted by Gasteiger charge is -2.44. The third-order valence-electron chi connectivity index (χ3n) is 5.04. The fourth-order valence-electron chi connectivity index (χ4n) is 3.25. The van der Waals surface area contributed by atoms with Crippen LogP contribution in [0.25, 0.3) is 0 Å². The minimum absolute atomic E-state index is 0.545. The lowest BCUT2D eigenvalue weighted by Crippen LogP contribution is -2.50. The Labute approximate surface area is 120 Å². The van der Waals surface area contributed by atoms with Gasteiger partial charge in [0.1, 0.15) is 0 Å². The second kappa shape index (κ2) is 8.93. The summed E-state index contributed by atoms with van der Waals surface area (Å²) in [6.07, 6.45) is 6.58. The molecule has 0 aromatic carbocycles. The van der Waals surface area contributed by atoms with Crippen molar-refractivity contribution in [3.8, 4) is 0 Å². The van der Waals surface area contributed by atoms with E-state index in [1.165, 1.54) is 45.2 Å². The van der Waals surface area contributed by atoms with Crippen LogP contribution in [0, 0.1) is 5.41 Å². The molecule has 0 aromatic heterocycles. The number of nitrogens with one attached hydrogen (secondary N) is 1. The van der Waals surface area contributed by atoms with Crippen molar-refractivity contribution in [1.29, 1.82) is 0 Å². The molecule has 1 rings (SSSR count). The highest BCUT2D eigenvalue weighted by Crippen LogP contribution is 2.38. The lowest BCUT2D eigenvalue weighted by molar-refractivity contribution is 0.0321. The standard InChI is InChI=1S/C16H34N2O/c1-5-10-17-13-15(14-19-4)18-11-8-16(6-2,7-3)9-12-18/h15,17H,5-14H2,1-4H3. The number of methoxy groups -OCH3 is 1. The van der Waals surface area contributed by atoms with Gasteiger partial charge in [-0.1, -0.05) is 33.6 Å². The van der Waals surface area contributed by atoms with E-state index in [9.17, 15) is 0 Å². The monoisotopic (exact) mass is 270 g/mol. The topological polar surface area (TPSA) is 24.5 Å². The average molecular weight is 270 g/mol. The van der Waals surface area contributed by atoms with Gasteiger partial charge in [0, 0.05) is 19.7 Å². The van der Waals surface area contributed by atoms with Gasteiger partial charge in [0.05, 0.1) is 6.61 Å². The van der Waals surface area contributed by atoms with Crippen LogP contribution in [0.5, 0.6) is 0 Å². The molecule has 0 amide bonds. The van der Waals surface area contributed by atoms with Gasteiger partial charge in [-0.05, 0) is 44.3 Å². The predicted octanol–water partition coefficient (Wildman–Crippen LogP) is 2.90. The summed E-state index contributed by atoms with van der Waals surface area (Å²) in [5.41, 5.74) is 0.616. The Balaban J connectivity index is 2.44. The average Bonchev–Trinajstić information content (AvgIpc) is 2.47. The van der Waals surface area contributed by atoms with Crippen LogP contribution in [-0.2, 0) is 4.74 Å². The second-order valence-electron chi connectivity index (χ2n) is 6.06. The summed E-state index contributed by atoms with van der Waals surface area (Å²) < 4.78 is 5.41. The van der Waals surface area contributed by atoms with Gasteiger partial charge in [-0.3, -0.25) is 4.90 Å². The first-order chi connectivity index (χ1) is 9.21. The Bertz CT molecular complexity index is 219. The summed E-state index contributed by atoms with van der Waals surface area (Å²) in [5, 5.41) is 3.54. The normalized spacial score (nSPS) is 21.5.